The summed E-state index contributed by atoms with van der Waals surface area (Å²) in [5, 5.41) is 10.9. The van der Waals surface area contributed by atoms with Crippen molar-refractivity contribution in [2.24, 2.45) is 5.92 Å². The predicted molar refractivity (Wildman–Crippen MR) is 67.3 cm³/mol. The van der Waals surface area contributed by atoms with Crippen LogP contribution >= 0.6 is 0 Å². The highest BCUT2D eigenvalue weighted by Gasteiger charge is 2.28. The van der Waals surface area contributed by atoms with Gasteiger partial charge in [-0.25, -0.2) is 13.6 Å². The number of carbonyl (C=O) groups excluding carboxylic acids is 1. The smallest absolute Gasteiger partial charge is 0.322 e. The molecule has 1 aromatic rings. The van der Waals surface area contributed by atoms with Crippen molar-refractivity contribution >= 4 is 17.7 Å². The summed E-state index contributed by atoms with van der Waals surface area (Å²) in [7, 11) is 0. The van der Waals surface area contributed by atoms with Crippen LogP contribution in [0, 0.1) is 17.6 Å². The maximum absolute atomic E-state index is 13.4. The SMILES string of the molecule is O=C(O)CC1CCN(C(=O)Nc2c(F)cccc2F)C1. The molecule has 0 aromatic heterocycles. The molecule has 2 amide bonds. The minimum Gasteiger partial charge on any atom is -0.481 e. The van der Waals surface area contributed by atoms with E-state index in [2.05, 4.69) is 5.32 Å². The second-order valence-electron chi connectivity index (χ2n) is 4.73. The predicted octanol–water partition coefficient (Wildman–Crippen LogP) is 2.29. The van der Waals surface area contributed by atoms with E-state index in [-0.39, 0.29) is 18.9 Å². The van der Waals surface area contributed by atoms with Crippen LogP contribution in [0.2, 0.25) is 0 Å². The van der Waals surface area contributed by atoms with Crippen LogP contribution in [0.4, 0.5) is 19.3 Å². The number of carboxylic acids is 1. The second kappa shape index (κ2) is 5.85. The highest BCUT2D eigenvalue weighted by atomic mass is 19.1. The Morgan fingerprint density at radius 3 is 2.60 bits per heavy atom. The van der Waals surface area contributed by atoms with Gasteiger partial charge in [-0.1, -0.05) is 6.07 Å². The van der Waals surface area contributed by atoms with E-state index in [4.69, 9.17) is 5.11 Å². The molecule has 5 nitrogen and oxygen atoms in total. The Morgan fingerprint density at radius 1 is 1.35 bits per heavy atom. The number of carbonyl (C=O) groups is 2. The van der Waals surface area contributed by atoms with Gasteiger partial charge < -0.3 is 15.3 Å². The number of nitrogens with one attached hydrogen (secondary N) is 1. The summed E-state index contributed by atoms with van der Waals surface area (Å²) in [6, 6.07) is 2.69. The van der Waals surface area contributed by atoms with E-state index in [1.165, 1.54) is 11.0 Å². The molecule has 1 aliphatic heterocycles. The number of carboxylic acid groups (broad SMARTS) is 1. The average Bonchev–Trinajstić information content (AvgIpc) is 2.81. The van der Waals surface area contributed by atoms with Gasteiger partial charge >= 0.3 is 12.0 Å². The average molecular weight is 284 g/mol. The quantitative estimate of drug-likeness (QED) is 0.894. The van der Waals surface area contributed by atoms with Crippen molar-refractivity contribution in [1.29, 1.82) is 0 Å². The van der Waals surface area contributed by atoms with Crippen LogP contribution in [-0.2, 0) is 4.79 Å². The van der Waals surface area contributed by atoms with Gasteiger partial charge in [-0.15, -0.1) is 0 Å². The fraction of sp³-hybridized carbons (Fsp3) is 0.385. The zero-order valence-corrected chi connectivity index (χ0v) is 10.6. The second-order valence-corrected chi connectivity index (χ2v) is 4.73. The van der Waals surface area contributed by atoms with Gasteiger partial charge in [0.2, 0.25) is 0 Å². The summed E-state index contributed by atoms with van der Waals surface area (Å²) >= 11 is 0. The number of benzene rings is 1. The number of hydrogen-bond acceptors (Lipinski definition) is 2. The van der Waals surface area contributed by atoms with E-state index in [9.17, 15) is 18.4 Å². The minimum absolute atomic E-state index is 0.0160. The molecule has 1 saturated heterocycles. The van der Waals surface area contributed by atoms with Crippen LogP contribution in [0.3, 0.4) is 0 Å². The van der Waals surface area contributed by atoms with E-state index in [0.29, 0.717) is 13.0 Å². The number of amides is 2. The molecule has 0 saturated carbocycles. The molecular formula is C13H14F2N2O3. The number of likely N-dealkylation sites (tertiary alicyclic amines) is 1. The molecule has 0 spiro atoms. The summed E-state index contributed by atoms with van der Waals surface area (Å²) in [5.41, 5.74) is -0.487. The van der Waals surface area contributed by atoms with Crippen molar-refractivity contribution in [3.63, 3.8) is 0 Å². The summed E-state index contributed by atoms with van der Waals surface area (Å²) in [5.74, 6) is -2.74. The number of nitrogens with zero attached hydrogens (tertiary/aromatic N) is 1. The molecule has 1 atom stereocenters. The van der Waals surface area contributed by atoms with Crippen molar-refractivity contribution in [2.75, 3.05) is 18.4 Å². The molecule has 2 N–H and O–H groups in total. The monoisotopic (exact) mass is 284 g/mol. The van der Waals surface area contributed by atoms with Crippen LogP contribution in [-0.4, -0.2) is 35.1 Å². The molecule has 2 rings (SSSR count). The minimum atomic E-state index is -0.919. The number of urea groups is 1. The number of rotatable bonds is 3. The molecule has 20 heavy (non-hydrogen) atoms. The highest BCUT2D eigenvalue weighted by Crippen LogP contribution is 2.22. The third kappa shape index (κ3) is 3.23. The Balaban J connectivity index is 1.98. The molecule has 1 aromatic carbocycles. The maximum atomic E-state index is 13.4. The fourth-order valence-electron chi connectivity index (χ4n) is 2.23. The van der Waals surface area contributed by atoms with E-state index in [0.717, 1.165) is 12.1 Å². The molecular weight excluding hydrogens is 270 g/mol. The molecule has 1 unspecified atom stereocenters. The summed E-state index contributed by atoms with van der Waals surface area (Å²) in [6.07, 6.45) is 0.553. The Kier molecular flexibility index (Phi) is 4.16. The van der Waals surface area contributed by atoms with Gasteiger partial charge in [-0.3, -0.25) is 4.79 Å². The van der Waals surface area contributed by atoms with E-state index in [1.807, 2.05) is 0 Å². The molecule has 1 aliphatic rings. The Hall–Kier alpha value is -2.18. The maximum Gasteiger partial charge on any atom is 0.322 e. The molecule has 108 valence electrons. The van der Waals surface area contributed by atoms with Crippen molar-refractivity contribution in [1.82, 2.24) is 4.90 Å². The third-order valence-corrected chi connectivity index (χ3v) is 3.23. The van der Waals surface area contributed by atoms with Gasteiger partial charge in [0.05, 0.1) is 0 Å². The first-order valence-corrected chi connectivity index (χ1v) is 6.19. The van der Waals surface area contributed by atoms with Crippen molar-refractivity contribution in [3.05, 3.63) is 29.8 Å². The molecule has 0 aliphatic carbocycles. The van der Waals surface area contributed by atoms with Crippen LogP contribution < -0.4 is 5.32 Å². The van der Waals surface area contributed by atoms with E-state index in [1.54, 1.807) is 0 Å². The lowest BCUT2D eigenvalue weighted by atomic mass is 10.1. The van der Waals surface area contributed by atoms with E-state index >= 15 is 0 Å². The highest BCUT2D eigenvalue weighted by molar-refractivity contribution is 5.89. The van der Waals surface area contributed by atoms with Crippen molar-refractivity contribution in [3.8, 4) is 0 Å². The summed E-state index contributed by atoms with van der Waals surface area (Å²) < 4.78 is 26.8. The van der Waals surface area contributed by atoms with Gasteiger partial charge in [0.1, 0.15) is 17.3 Å². The first-order valence-electron chi connectivity index (χ1n) is 6.19. The van der Waals surface area contributed by atoms with Crippen LogP contribution in [0.15, 0.2) is 18.2 Å². The zero-order chi connectivity index (χ0) is 14.7. The first-order chi connectivity index (χ1) is 9.47. The number of aliphatic carboxylic acids is 1. The first kappa shape index (κ1) is 14.2. The molecule has 7 heteroatoms. The lowest BCUT2D eigenvalue weighted by Crippen LogP contribution is -2.33. The summed E-state index contributed by atoms with van der Waals surface area (Å²) in [6.45, 7) is 0.647. The number of anilines is 1. The Labute approximate surface area is 114 Å². The lowest BCUT2D eigenvalue weighted by molar-refractivity contribution is -0.138. The molecule has 1 fully saturated rings. The molecule has 1 heterocycles. The molecule has 0 bridgehead atoms. The van der Waals surface area contributed by atoms with Crippen molar-refractivity contribution in [2.45, 2.75) is 12.8 Å². The van der Waals surface area contributed by atoms with Gasteiger partial charge in [-0.2, -0.15) is 0 Å². The Bertz CT molecular complexity index is 516. The number of hydrogen-bond donors (Lipinski definition) is 2. The fourth-order valence-corrected chi connectivity index (χ4v) is 2.23. The standard InChI is InChI=1S/C13H14F2N2O3/c14-9-2-1-3-10(15)12(9)16-13(20)17-5-4-8(7-17)6-11(18)19/h1-3,8H,4-7H2,(H,16,20)(H,18,19). The Morgan fingerprint density at radius 2 is 2.00 bits per heavy atom. The number of halogens is 2. The third-order valence-electron chi connectivity index (χ3n) is 3.23. The van der Waals surface area contributed by atoms with E-state index < -0.39 is 29.3 Å². The van der Waals surface area contributed by atoms with Gasteiger partial charge in [0.15, 0.2) is 0 Å². The largest absolute Gasteiger partial charge is 0.481 e. The van der Waals surface area contributed by atoms with Gasteiger partial charge in [-0.05, 0) is 24.5 Å². The topological polar surface area (TPSA) is 69.6 Å². The van der Waals surface area contributed by atoms with Crippen LogP contribution in [0.1, 0.15) is 12.8 Å². The zero-order valence-electron chi connectivity index (χ0n) is 10.6. The molecule has 0 radical (unpaired) electrons. The van der Waals surface area contributed by atoms with Crippen molar-refractivity contribution < 1.29 is 23.5 Å². The van der Waals surface area contributed by atoms with Gasteiger partial charge in [0.25, 0.3) is 0 Å². The lowest BCUT2D eigenvalue weighted by Gasteiger charge is -2.17. The normalized spacial score (nSPS) is 18.1. The van der Waals surface area contributed by atoms with Crippen LogP contribution in [0.25, 0.3) is 0 Å². The van der Waals surface area contributed by atoms with Crippen LogP contribution in [0.5, 0.6) is 0 Å². The van der Waals surface area contributed by atoms with Gasteiger partial charge in [0, 0.05) is 19.5 Å². The number of para-hydroxylation sites is 1. The summed E-state index contributed by atoms with van der Waals surface area (Å²) in [4.78, 5) is 23.8.